The molecular weight excluding hydrogens is 441 g/mol. The number of alkyl halides is 3. The number of hydrogen-bond acceptors (Lipinski definition) is 5. The van der Waals surface area contributed by atoms with E-state index in [2.05, 4.69) is 9.97 Å². The van der Waals surface area contributed by atoms with E-state index >= 15 is 0 Å². The summed E-state index contributed by atoms with van der Waals surface area (Å²) >= 11 is 0.598. The molecule has 0 aliphatic heterocycles. The summed E-state index contributed by atoms with van der Waals surface area (Å²) in [6.45, 7) is 0. The number of unbranched alkanes of at least 4 members (excludes halogenated alkanes) is 2. The first kappa shape index (κ1) is 22.0. The molecule has 0 spiro atoms. The number of thiophene rings is 1. The van der Waals surface area contributed by atoms with Crippen LogP contribution in [0.3, 0.4) is 0 Å². The average molecular weight is 460 g/mol. The quantitative estimate of drug-likeness (QED) is 0.292. The Bertz CT molecular complexity index is 1230. The Morgan fingerprint density at radius 2 is 1.88 bits per heavy atom. The number of carbonyl (C=O) groups is 1. The van der Waals surface area contributed by atoms with Gasteiger partial charge in [-0.05, 0) is 42.5 Å². The lowest BCUT2D eigenvalue weighted by molar-refractivity contribution is -0.137. The van der Waals surface area contributed by atoms with Crippen molar-refractivity contribution in [2.45, 2.75) is 38.3 Å². The Morgan fingerprint density at radius 1 is 1.09 bits per heavy atom. The van der Waals surface area contributed by atoms with Gasteiger partial charge in [-0.15, -0.1) is 11.3 Å². The van der Waals surface area contributed by atoms with Crippen molar-refractivity contribution in [3.63, 3.8) is 0 Å². The third-order valence-corrected chi connectivity index (χ3v) is 6.11. The summed E-state index contributed by atoms with van der Waals surface area (Å²) in [5, 5.41) is 8.68. The molecule has 1 aromatic carbocycles. The summed E-state index contributed by atoms with van der Waals surface area (Å²) in [5.41, 5.74) is 2.22. The minimum Gasteiger partial charge on any atom is -0.481 e. The van der Waals surface area contributed by atoms with Crippen molar-refractivity contribution in [3.05, 3.63) is 59.1 Å². The van der Waals surface area contributed by atoms with E-state index in [1.54, 1.807) is 36.5 Å². The smallest absolute Gasteiger partial charge is 0.426 e. The molecule has 0 fully saturated rings. The van der Waals surface area contributed by atoms with E-state index < -0.39 is 17.0 Å². The molecular formula is C23H19F3N2O3S. The highest BCUT2D eigenvalue weighted by atomic mass is 32.1. The molecule has 0 unspecified atom stereocenters. The fourth-order valence-electron chi connectivity index (χ4n) is 3.43. The molecule has 0 bridgehead atoms. The van der Waals surface area contributed by atoms with Crippen LogP contribution in [-0.2, 0) is 17.4 Å². The van der Waals surface area contributed by atoms with Crippen LogP contribution >= 0.6 is 11.3 Å². The van der Waals surface area contributed by atoms with Crippen LogP contribution in [0.4, 0.5) is 13.2 Å². The van der Waals surface area contributed by atoms with Gasteiger partial charge in [0, 0.05) is 18.2 Å². The molecule has 0 atom stereocenters. The van der Waals surface area contributed by atoms with Crippen molar-refractivity contribution in [1.29, 1.82) is 0 Å². The van der Waals surface area contributed by atoms with Crippen molar-refractivity contribution < 1.29 is 27.5 Å². The largest absolute Gasteiger partial charge is 0.481 e. The predicted molar refractivity (Wildman–Crippen MR) is 115 cm³/mol. The molecule has 9 heteroatoms. The molecule has 3 aromatic heterocycles. The second-order valence-electron chi connectivity index (χ2n) is 7.36. The summed E-state index contributed by atoms with van der Waals surface area (Å²) in [6, 6.07) is 11.7. The van der Waals surface area contributed by atoms with Crippen LogP contribution in [0.15, 0.2) is 53.1 Å². The molecule has 0 aliphatic rings. The fourth-order valence-corrected chi connectivity index (χ4v) is 4.40. The molecule has 166 valence electrons. The van der Waals surface area contributed by atoms with Crippen molar-refractivity contribution >= 4 is 28.5 Å². The molecule has 3 heterocycles. The van der Waals surface area contributed by atoms with Gasteiger partial charge in [0.05, 0.1) is 4.88 Å². The number of aromatic nitrogens is 2. The van der Waals surface area contributed by atoms with Crippen LogP contribution < -0.4 is 0 Å². The first-order valence-electron chi connectivity index (χ1n) is 10.1. The zero-order valence-electron chi connectivity index (χ0n) is 16.9. The number of halogens is 3. The molecule has 32 heavy (non-hydrogen) atoms. The molecule has 0 saturated carbocycles. The van der Waals surface area contributed by atoms with Gasteiger partial charge in [-0.2, -0.15) is 13.2 Å². The Hall–Kier alpha value is -3.20. The van der Waals surface area contributed by atoms with E-state index in [4.69, 9.17) is 9.52 Å². The molecule has 0 saturated heterocycles. The molecule has 0 aliphatic carbocycles. The van der Waals surface area contributed by atoms with E-state index in [0.29, 0.717) is 35.3 Å². The van der Waals surface area contributed by atoms with Crippen molar-refractivity contribution in [3.8, 4) is 21.9 Å². The number of aliphatic carboxylic acids is 1. The van der Waals surface area contributed by atoms with Crippen LogP contribution in [0.2, 0.25) is 0 Å². The SMILES string of the molecule is O=C(O)CCCCCc1cnc2oc(-c3cc(-c4ccccc4)c(C(F)(F)F)s3)nc2c1. The number of benzene rings is 1. The first-order valence-corrected chi connectivity index (χ1v) is 10.9. The fraction of sp³-hybridized carbons (Fsp3) is 0.261. The van der Waals surface area contributed by atoms with Gasteiger partial charge in [-0.3, -0.25) is 4.79 Å². The monoisotopic (exact) mass is 460 g/mol. The number of rotatable bonds is 8. The van der Waals surface area contributed by atoms with Gasteiger partial charge in [0.15, 0.2) is 0 Å². The summed E-state index contributed by atoms with van der Waals surface area (Å²) in [7, 11) is 0. The summed E-state index contributed by atoms with van der Waals surface area (Å²) in [4.78, 5) is 18.8. The van der Waals surface area contributed by atoms with Crippen LogP contribution in [-0.4, -0.2) is 21.0 Å². The highest BCUT2D eigenvalue weighted by Gasteiger charge is 2.37. The lowest BCUT2D eigenvalue weighted by Crippen LogP contribution is -2.03. The second-order valence-corrected chi connectivity index (χ2v) is 8.41. The molecule has 0 amide bonds. The van der Waals surface area contributed by atoms with E-state index in [9.17, 15) is 18.0 Å². The van der Waals surface area contributed by atoms with Crippen LogP contribution in [0.25, 0.3) is 33.1 Å². The van der Waals surface area contributed by atoms with Crippen LogP contribution in [0, 0.1) is 0 Å². The summed E-state index contributed by atoms with van der Waals surface area (Å²) < 4.78 is 46.6. The Balaban J connectivity index is 1.58. The third kappa shape index (κ3) is 4.99. The molecule has 1 N–H and O–H groups in total. The molecule has 5 nitrogen and oxygen atoms in total. The van der Waals surface area contributed by atoms with Crippen LogP contribution in [0.5, 0.6) is 0 Å². The average Bonchev–Trinajstić information content (AvgIpc) is 3.38. The molecule has 4 rings (SSSR count). The van der Waals surface area contributed by atoms with Gasteiger partial charge in [-0.25, -0.2) is 9.97 Å². The maximum Gasteiger partial charge on any atom is 0.426 e. The topological polar surface area (TPSA) is 76.2 Å². The number of aryl methyl sites for hydroxylation is 1. The Labute approximate surface area is 185 Å². The maximum absolute atomic E-state index is 13.7. The Kier molecular flexibility index (Phi) is 6.27. The van der Waals surface area contributed by atoms with E-state index in [1.165, 1.54) is 6.07 Å². The lowest BCUT2D eigenvalue weighted by atomic mass is 10.1. The standard InChI is InChI=1S/C23H19F3N2O3S/c24-23(25,26)20-16(15-8-4-2-5-9-15)12-18(32-20)22-28-17-11-14(13-27-21(17)31-22)7-3-1-6-10-19(29)30/h2,4-5,8-9,11-13H,1,3,6-7,10H2,(H,29,30). The number of oxazole rings is 1. The predicted octanol–water partition coefficient (Wildman–Crippen LogP) is 6.82. The zero-order valence-corrected chi connectivity index (χ0v) is 17.7. The van der Waals surface area contributed by atoms with E-state index in [-0.39, 0.29) is 28.5 Å². The van der Waals surface area contributed by atoms with Gasteiger partial charge in [0.1, 0.15) is 10.4 Å². The Morgan fingerprint density at radius 3 is 2.59 bits per heavy atom. The second kappa shape index (κ2) is 9.12. The zero-order chi connectivity index (χ0) is 22.7. The van der Waals surface area contributed by atoms with Gasteiger partial charge in [0.25, 0.3) is 0 Å². The number of nitrogens with zero attached hydrogens (tertiary/aromatic N) is 2. The number of fused-ring (bicyclic) bond motifs is 1. The lowest BCUT2D eigenvalue weighted by Gasteiger charge is -2.07. The normalized spacial score (nSPS) is 11.8. The van der Waals surface area contributed by atoms with Gasteiger partial charge < -0.3 is 9.52 Å². The van der Waals surface area contributed by atoms with Gasteiger partial charge in [0.2, 0.25) is 11.6 Å². The number of carboxylic acid groups (broad SMARTS) is 1. The highest BCUT2D eigenvalue weighted by molar-refractivity contribution is 7.16. The summed E-state index contributed by atoms with van der Waals surface area (Å²) in [6.07, 6.45) is 0.224. The van der Waals surface area contributed by atoms with E-state index in [0.717, 1.165) is 18.4 Å². The van der Waals surface area contributed by atoms with Crippen molar-refractivity contribution in [2.75, 3.05) is 0 Å². The maximum atomic E-state index is 13.7. The first-order chi connectivity index (χ1) is 15.3. The molecule has 0 radical (unpaired) electrons. The van der Waals surface area contributed by atoms with Gasteiger partial charge in [-0.1, -0.05) is 36.8 Å². The van der Waals surface area contributed by atoms with Crippen LogP contribution in [0.1, 0.15) is 36.1 Å². The molecule has 4 aromatic rings. The third-order valence-electron chi connectivity index (χ3n) is 4.95. The van der Waals surface area contributed by atoms with Gasteiger partial charge >= 0.3 is 12.1 Å². The van der Waals surface area contributed by atoms with E-state index in [1.807, 2.05) is 6.07 Å². The number of pyridine rings is 1. The van der Waals surface area contributed by atoms with Crippen molar-refractivity contribution in [1.82, 2.24) is 9.97 Å². The minimum absolute atomic E-state index is 0.0929. The minimum atomic E-state index is -4.49. The number of hydrogen-bond donors (Lipinski definition) is 1. The van der Waals surface area contributed by atoms with Crippen molar-refractivity contribution in [2.24, 2.45) is 0 Å². The summed E-state index contributed by atoms with van der Waals surface area (Å²) in [5.74, 6) is -0.704. The highest BCUT2D eigenvalue weighted by Crippen LogP contribution is 2.45. The number of carboxylic acids is 1.